The van der Waals surface area contributed by atoms with Crippen LogP contribution >= 0.6 is 0 Å². The molecule has 0 amide bonds. The van der Waals surface area contributed by atoms with Crippen molar-refractivity contribution in [1.29, 1.82) is 0 Å². The molecule has 0 spiro atoms. The number of piperidine rings is 1. The predicted molar refractivity (Wildman–Crippen MR) is 118 cm³/mol. The van der Waals surface area contributed by atoms with Gasteiger partial charge in [0.1, 0.15) is 5.82 Å². The Morgan fingerprint density at radius 2 is 1.60 bits per heavy atom. The number of hydrogen-bond donors (Lipinski definition) is 0. The van der Waals surface area contributed by atoms with E-state index in [1.54, 1.807) is 0 Å². The maximum atomic E-state index is 13.7. The lowest BCUT2D eigenvalue weighted by Gasteiger charge is -2.34. The zero-order valence-corrected chi connectivity index (χ0v) is 17.1. The highest BCUT2D eigenvalue weighted by Crippen LogP contribution is 2.42. The Morgan fingerprint density at radius 1 is 0.867 bits per heavy atom. The third-order valence-electron chi connectivity index (χ3n) is 6.14. The summed E-state index contributed by atoms with van der Waals surface area (Å²) in [5, 5.41) is 0. The molecule has 0 N–H and O–H groups in total. The van der Waals surface area contributed by atoms with Crippen LogP contribution in [0.3, 0.4) is 0 Å². The molecule has 1 aromatic carbocycles. The second-order valence-electron chi connectivity index (χ2n) is 7.94. The second-order valence-corrected chi connectivity index (χ2v) is 7.94. The van der Waals surface area contributed by atoms with E-state index in [0.717, 1.165) is 46.5 Å². The minimum absolute atomic E-state index is 0.189. The van der Waals surface area contributed by atoms with Gasteiger partial charge in [-0.25, -0.2) is 4.39 Å². The average Bonchev–Trinajstić information content (AvgIpc) is 3.15. The average molecular weight is 401 g/mol. The first-order chi connectivity index (χ1) is 14.7. The lowest BCUT2D eigenvalue weighted by Crippen LogP contribution is -2.35. The second kappa shape index (κ2) is 8.00. The first kappa shape index (κ1) is 18.9. The minimum Gasteiger partial charge on any atom is -0.322 e. The normalized spacial score (nSPS) is 16.1. The minimum atomic E-state index is -0.234. The van der Waals surface area contributed by atoms with E-state index in [4.69, 9.17) is 4.98 Å². The van der Waals surface area contributed by atoms with Gasteiger partial charge >= 0.3 is 0 Å². The van der Waals surface area contributed by atoms with Crippen LogP contribution in [-0.2, 0) is 0 Å². The van der Waals surface area contributed by atoms with Crippen molar-refractivity contribution in [2.24, 2.45) is 0 Å². The Hall–Kier alpha value is -3.05. The number of nitrogens with zero attached hydrogens (tertiary/aromatic N) is 4. The van der Waals surface area contributed by atoms with E-state index in [9.17, 15) is 4.39 Å². The van der Waals surface area contributed by atoms with Crippen molar-refractivity contribution in [3.8, 4) is 22.4 Å². The number of rotatable bonds is 4. The smallest absolute Gasteiger partial charge is 0.123 e. The maximum Gasteiger partial charge on any atom is 0.123 e. The molecule has 0 aliphatic carbocycles. The van der Waals surface area contributed by atoms with Gasteiger partial charge in [-0.2, -0.15) is 0 Å². The van der Waals surface area contributed by atoms with Crippen molar-refractivity contribution in [2.45, 2.75) is 32.4 Å². The summed E-state index contributed by atoms with van der Waals surface area (Å²) in [5.74, 6) is -0.234. The lowest BCUT2D eigenvalue weighted by atomic mass is 10.0. The van der Waals surface area contributed by atoms with Crippen LogP contribution in [0.1, 0.15) is 32.4 Å². The Bertz CT molecular complexity index is 1150. The number of likely N-dealkylation sites (tertiary alicyclic amines) is 1. The van der Waals surface area contributed by atoms with Gasteiger partial charge in [0.05, 0.1) is 22.9 Å². The number of fused-ring (bicyclic) bond motifs is 1. The predicted octanol–water partition coefficient (Wildman–Crippen LogP) is 5.91. The summed E-state index contributed by atoms with van der Waals surface area (Å²) < 4.78 is 16.1. The number of aromatic nitrogens is 3. The van der Waals surface area contributed by atoms with Crippen LogP contribution in [0.5, 0.6) is 0 Å². The Morgan fingerprint density at radius 3 is 2.33 bits per heavy atom. The molecule has 0 bridgehead atoms. The summed E-state index contributed by atoms with van der Waals surface area (Å²) in [7, 11) is 0. The number of pyridine rings is 2. The zero-order valence-electron chi connectivity index (χ0n) is 17.1. The molecule has 4 nitrogen and oxygen atoms in total. The van der Waals surface area contributed by atoms with E-state index in [-0.39, 0.29) is 12.0 Å². The quantitative estimate of drug-likeness (QED) is 0.427. The molecular formula is C25H25FN4. The largest absolute Gasteiger partial charge is 0.322 e. The van der Waals surface area contributed by atoms with E-state index in [1.807, 2.05) is 48.9 Å². The molecule has 3 aromatic heterocycles. The molecule has 1 aliphatic rings. The Kier molecular flexibility index (Phi) is 5.05. The molecule has 0 saturated carbocycles. The molecule has 152 valence electrons. The summed E-state index contributed by atoms with van der Waals surface area (Å²) in [4.78, 5) is 11.5. The summed E-state index contributed by atoms with van der Waals surface area (Å²) >= 11 is 0. The van der Waals surface area contributed by atoms with Gasteiger partial charge in [0.15, 0.2) is 0 Å². The van der Waals surface area contributed by atoms with Gasteiger partial charge in [-0.3, -0.25) is 14.9 Å². The molecule has 1 unspecified atom stereocenters. The van der Waals surface area contributed by atoms with Crippen LogP contribution in [0.15, 0.2) is 67.1 Å². The standard InChI is InChI=1S/C25H25FN4/c1-18(29-16-3-2-4-17-29)30-22-6-5-13-28-24(22)23(19-7-9-21(26)10-8-19)25(30)20-11-14-27-15-12-20/h5-15,18H,2-4,16-17H2,1H3. The number of halogens is 1. The third kappa shape index (κ3) is 3.29. The van der Waals surface area contributed by atoms with Gasteiger partial charge in [0.25, 0.3) is 0 Å². The van der Waals surface area contributed by atoms with Crippen LogP contribution < -0.4 is 0 Å². The molecular weight excluding hydrogens is 375 g/mol. The van der Waals surface area contributed by atoms with Gasteiger partial charge in [-0.05, 0) is 61.7 Å². The summed E-state index contributed by atoms with van der Waals surface area (Å²) in [6.07, 6.45) is 9.44. The molecule has 30 heavy (non-hydrogen) atoms. The first-order valence-electron chi connectivity index (χ1n) is 10.6. The molecule has 5 rings (SSSR count). The summed E-state index contributed by atoms with van der Waals surface area (Å²) in [6.45, 7) is 4.47. The van der Waals surface area contributed by atoms with Gasteiger partial charge in [0.2, 0.25) is 0 Å². The molecule has 5 heteroatoms. The topological polar surface area (TPSA) is 34.0 Å². The van der Waals surface area contributed by atoms with E-state index in [1.165, 1.54) is 31.4 Å². The van der Waals surface area contributed by atoms with Crippen molar-refractivity contribution < 1.29 is 4.39 Å². The molecule has 1 fully saturated rings. The van der Waals surface area contributed by atoms with Crippen molar-refractivity contribution in [2.75, 3.05) is 13.1 Å². The summed E-state index contributed by atoms with van der Waals surface area (Å²) in [5.41, 5.74) is 6.25. The van der Waals surface area contributed by atoms with Gasteiger partial charge in [-0.1, -0.05) is 18.6 Å². The van der Waals surface area contributed by atoms with Crippen molar-refractivity contribution in [3.63, 3.8) is 0 Å². The van der Waals surface area contributed by atoms with Crippen LogP contribution in [-0.4, -0.2) is 32.5 Å². The monoisotopic (exact) mass is 400 g/mol. The van der Waals surface area contributed by atoms with E-state index in [2.05, 4.69) is 27.4 Å². The van der Waals surface area contributed by atoms with Gasteiger partial charge in [-0.15, -0.1) is 0 Å². The SMILES string of the molecule is CC(N1CCCCC1)n1c(-c2ccncc2)c(-c2ccc(F)cc2)c2ncccc21. The zero-order chi connectivity index (χ0) is 20.5. The fourth-order valence-corrected chi connectivity index (χ4v) is 4.66. The fraction of sp³-hybridized carbons (Fsp3) is 0.280. The molecule has 0 radical (unpaired) electrons. The Labute approximate surface area is 176 Å². The van der Waals surface area contributed by atoms with Gasteiger partial charge < -0.3 is 4.57 Å². The maximum absolute atomic E-state index is 13.7. The van der Waals surface area contributed by atoms with Crippen molar-refractivity contribution >= 4 is 11.0 Å². The van der Waals surface area contributed by atoms with Crippen LogP contribution in [0.2, 0.25) is 0 Å². The van der Waals surface area contributed by atoms with Crippen LogP contribution in [0.4, 0.5) is 4.39 Å². The molecule has 1 saturated heterocycles. The first-order valence-corrected chi connectivity index (χ1v) is 10.6. The van der Waals surface area contributed by atoms with E-state index >= 15 is 0 Å². The van der Waals surface area contributed by atoms with Crippen LogP contribution in [0.25, 0.3) is 33.4 Å². The fourth-order valence-electron chi connectivity index (χ4n) is 4.66. The molecule has 1 aliphatic heterocycles. The highest BCUT2D eigenvalue weighted by Gasteiger charge is 2.27. The van der Waals surface area contributed by atoms with Crippen molar-refractivity contribution in [1.82, 2.24) is 19.4 Å². The third-order valence-corrected chi connectivity index (χ3v) is 6.14. The summed E-state index contributed by atoms with van der Waals surface area (Å²) in [6, 6.07) is 14.9. The van der Waals surface area contributed by atoms with Gasteiger partial charge in [0, 0.05) is 42.8 Å². The number of benzene rings is 1. The number of hydrogen-bond acceptors (Lipinski definition) is 3. The molecule has 4 aromatic rings. The highest BCUT2D eigenvalue weighted by atomic mass is 19.1. The Balaban J connectivity index is 1.81. The lowest BCUT2D eigenvalue weighted by molar-refractivity contribution is 0.131. The van der Waals surface area contributed by atoms with E-state index < -0.39 is 0 Å². The van der Waals surface area contributed by atoms with Crippen molar-refractivity contribution in [3.05, 3.63) is 72.9 Å². The molecule has 4 heterocycles. The molecule has 1 atom stereocenters. The highest BCUT2D eigenvalue weighted by molar-refractivity contribution is 6.02. The van der Waals surface area contributed by atoms with Crippen LogP contribution in [0, 0.1) is 5.82 Å². The van der Waals surface area contributed by atoms with E-state index in [0.29, 0.717) is 0 Å².